The fourth-order valence-electron chi connectivity index (χ4n) is 2.44. The summed E-state index contributed by atoms with van der Waals surface area (Å²) >= 11 is 9.15. The smallest absolute Gasteiger partial charge is 0.343 e. The van der Waals surface area contributed by atoms with Gasteiger partial charge in [0.05, 0.1) is 11.8 Å². The number of halogens is 2. The van der Waals surface area contributed by atoms with Crippen LogP contribution in [0.5, 0.6) is 11.5 Å². The predicted molar refractivity (Wildman–Crippen MR) is 123 cm³/mol. The fraction of sp³-hybridized carbons (Fsp3) is 0.0870. The Labute approximate surface area is 193 Å². The van der Waals surface area contributed by atoms with Gasteiger partial charge in [0, 0.05) is 9.50 Å². The molecule has 0 spiro atoms. The summed E-state index contributed by atoms with van der Waals surface area (Å²) < 4.78 is 11.7. The van der Waals surface area contributed by atoms with Crippen LogP contribution in [0.2, 0.25) is 5.02 Å². The molecular weight excluding hydrogens is 484 g/mol. The van der Waals surface area contributed by atoms with Crippen LogP contribution in [-0.4, -0.2) is 24.2 Å². The second-order valence-electron chi connectivity index (χ2n) is 6.42. The zero-order chi connectivity index (χ0) is 22.2. The van der Waals surface area contributed by atoms with Crippen molar-refractivity contribution in [1.29, 1.82) is 0 Å². The van der Waals surface area contributed by atoms with Gasteiger partial charge in [-0.2, -0.15) is 5.10 Å². The van der Waals surface area contributed by atoms with E-state index >= 15 is 0 Å². The van der Waals surface area contributed by atoms with Gasteiger partial charge < -0.3 is 9.47 Å². The van der Waals surface area contributed by atoms with Gasteiger partial charge in [0.25, 0.3) is 5.91 Å². The van der Waals surface area contributed by atoms with E-state index in [-0.39, 0.29) is 0 Å². The quantitative estimate of drug-likeness (QED) is 0.208. The maximum atomic E-state index is 12.2. The Bertz CT molecular complexity index is 1090. The monoisotopic (exact) mass is 500 g/mol. The second kappa shape index (κ2) is 10.7. The Balaban J connectivity index is 1.50. The highest BCUT2D eigenvalue weighted by Gasteiger charge is 2.14. The molecule has 3 aromatic carbocycles. The lowest BCUT2D eigenvalue weighted by molar-refractivity contribution is -0.127. The molecule has 158 valence electrons. The first kappa shape index (κ1) is 22.5. The largest absolute Gasteiger partial charge is 0.481 e. The normalized spacial score (nSPS) is 11.7. The molecule has 1 N–H and O–H groups in total. The third-order valence-corrected chi connectivity index (χ3v) is 4.78. The number of benzene rings is 3. The average Bonchev–Trinajstić information content (AvgIpc) is 2.76. The highest BCUT2D eigenvalue weighted by atomic mass is 79.9. The lowest BCUT2D eigenvalue weighted by Crippen LogP contribution is -2.33. The van der Waals surface area contributed by atoms with Gasteiger partial charge in [-0.15, -0.1) is 0 Å². The molecule has 3 aromatic rings. The van der Waals surface area contributed by atoms with E-state index in [1.807, 2.05) is 6.07 Å². The van der Waals surface area contributed by atoms with Crippen molar-refractivity contribution in [3.8, 4) is 11.5 Å². The predicted octanol–water partition coefficient (Wildman–Crippen LogP) is 5.24. The summed E-state index contributed by atoms with van der Waals surface area (Å²) in [4.78, 5) is 24.3. The third-order valence-electron chi connectivity index (χ3n) is 4.04. The molecular formula is C23H18BrClN2O4. The number of ether oxygens (including phenoxy) is 2. The number of carbonyl (C=O) groups excluding carboxylic acids is 2. The van der Waals surface area contributed by atoms with Gasteiger partial charge >= 0.3 is 5.97 Å². The number of nitrogens with zero attached hydrogens (tertiary/aromatic N) is 1. The lowest BCUT2D eigenvalue weighted by Gasteiger charge is -2.12. The number of hydrazone groups is 1. The van der Waals surface area contributed by atoms with E-state index in [4.69, 9.17) is 21.1 Å². The molecule has 0 radical (unpaired) electrons. The van der Waals surface area contributed by atoms with Crippen molar-refractivity contribution in [2.75, 3.05) is 0 Å². The Morgan fingerprint density at radius 1 is 1.03 bits per heavy atom. The van der Waals surface area contributed by atoms with Crippen LogP contribution < -0.4 is 14.9 Å². The molecule has 0 aliphatic carbocycles. The van der Waals surface area contributed by atoms with E-state index in [1.54, 1.807) is 73.7 Å². The molecule has 3 rings (SSSR count). The van der Waals surface area contributed by atoms with Gasteiger partial charge in [-0.25, -0.2) is 10.2 Å². The molecule has 0 saturated heterocycles. The van der Waals surface area contributed by atoms with Crippen LogP contribution in [0.1, 0.15) is 22.8 Å². The molecule has 0 aliphatic rings. The Morgan fingerprint density at radius 2 is 1.71 bits per heavy atom. The van der Waals surface area contributed by atoms with E-state index < -0.39 is 18.0 Å². The summed E-state index contributed by atoms with van der Waals surface area (Å²) in [6, 6.07) is 20.4. The van der Waals surface area contributed by atoms with Crippen LogP contribution in [0.15, 0.2) is 82.4 Å². The van der Waals surface area contributed by atoms with Gasteiger partial charge in [0.15, 0.2) is 6.10 Å². The molecule has 31 heavy (non-hydrogen) atoms. The maximum absolute atomic E-state index is 12.2. The molecule has 6 nitrogen and oxygen atoms in total. The summed E-state index contributed by atoms with van der Waals surface area (Å²) in [5, 5.41) is 4.51. The standard InChI is InChI=1S/C23H18BrClN2O4/c1-15(30-20-11-7-19(25)8-12-20)22(28)27-26-14-16-5-9-21(10-6-16)31-23(29)17-3-2-4-18(24)13-17/h2-15H,1H3,(H,27,28)/b26-14+. The minimum absolute atomic E-state index is 0.397. The molecule has 8 heteroatoms. The van der Waals surface area contributed by atoms with Crippen molar-refractivity contribution in [3.05, 3.63) is 93.4 Å². The molecule has 1 unspecified atom stereocenters. The first-order valence-electron chi connectivity index (χ1n) is 9.23. The van der Waals surface area contributed by atoms with Crippen molar-refractivity contribution in [2.45, 2.75) is 13.0 Å². The maximum Gasteiger partial charge on any atom is 0.343 e. The average molecular weight is 502 g/mol. The first-order chi connectivity index (χ1) is 14.9. The number of hydrogen-bond acceptors (Lipinski definition) is 5. The molecule has 0 aliphatic heterocycles. The number of carbonyl (C=O) groups is 2. The third kappa shape index (κ3) is 6.94. The Morgan fingerprint density at radius 3 is 2.39 bits per heavy atom. The van der Waals surface area contributed by atoms with Gasteiger partial charge in [-0.05, 0) is 79.2 Å². The van der Waals surface area contributed by atoms with Gasteiger partial charge in [-0.3, -0.25) is 4.79 Å². The minimum atomic E-state index is -0.738. The van der Waals surface area contributed by atoms with E-state index in [1.165, 1.54) is 6.21 Å². The Kier molecular flexibility index (Phi) is 7.81. The van der Waals surface area contributed by atoms with E-state index in [2.05, 4.69) is 26.5 Å². The number of hydrogen-bond donors (Lipinski definition) is 1. The summed E-state index contributed by atoms with van der Waals surface area (Å²) in [6.07, 6.45) is 0.741. The topological polar surface area (TPSA) is 77.0 Å². The van der Waals surface area contributed by atoms with Gasteiger partial charge in [-0.1, -0.05) is 33.6 Å². The summed E-state index contributed by atoms with van der Waals surface area (Å²) in [5.41, 5.74) is 3.58. The minimum Gasteiger partial charge on any atom is -0.481 e. The number of esters is 1. The van der Waals surface area contributed by atoms with Crippen molar-refractivity contribution in [3.63, 3.8) is 0 Å². The van der Waals surface area contributed by atoms with Crippen LogP contribution >= 0.6 is 27.5 Å². The first-order valence-corrected chi connectivity index (χ1v) is 10.4. The highest BCUT2D eigenvalue weighted by Crippen LogP contribution is 2.17. The van der Waals surface area contributed by atoms with Crippen LogP contribution in [0.3, 0.4) is 0 Å². The molecule has 1 atom stereocenters. The highest BCUT2D eigenvalue weighted by molar-refractivity contribution is 9.10. The molecule has 0 bridgehead atoms. The molecule has 0 fully saturated rings. The second-order valence-corrected chi connectivity index (χ2v) is 7.77. The summed E-state index contributed by atoms with van der Waals surface area (Å²) in [6.45, 7) is 1.62. The van der Waals surface area contributed by atoms with Crippen molar-refractivity contribution in [2.24, 2.45) is 5.10 Å². The van der Waals surface area contributed by atoms with E-state index in [9.17, 15) is 9.59 Å². The van der Waals surface area contributed by atoms with E-state index in [0.29, 0.717) is 27.6 Å². The zero-order valence-corrected chi connectivity index (χ0v) is 18.8. The van der Waals surface area contributed by atoms with Crippen molar-refractivity contribution in [1.82, 2.24) is 5.43 Å². The molecule has 0 heterocycles. The number of nitrogens with one attached hydrogen (secondary N) is 1. The summed E-state index contributed by atoms with van der Waals surface area (Å²) in [7, 11) is 0. The Hall–Kier alpha value is -3.16. The molecule has 0 saturated carbocycles. The lowest BCUT2D eigenvalue weighted by atomic mass is 10.2. The van der Waals surface area contributed by atoms with Crippen LogP contribution in [-0.2, 0) is 4.79 Å². The number of amides is 1. The number of rotatable bonds is 7. The van der Waals surface area contributed by atoms with Gasteiger partial charge in [0.1, 0.15) is 11.5 Å². The van der Waals surface area contributed by atoms with E-state index in [0.717, 1.165) is 4.47 Å². The summed E-state index contributed by atoms with van der Waals surface area (Å²) in [5.74, 6) is 0.0793. The molecule has 0 aromatic heterocycles. The fourth-order valence-corrected chi connectivity index (χ4v) is 2.96. The molecule has 1 amide bonds. The van der Waals surface area contributed by atoms with Crippen LogP contribution in [0, 0.1) is 0 Å². The SMILES string of the molecule is CC(Oc1ccc(Cl)cc1)C(=O)N/N=C/c1ccc(OC(=O)c2cccc(Br)c2)cc1. The van der Waals surface area contributed by atoms with Crippen LogP contribution in [0.4, 0.5) is 0 Å². The zero-order valence-electron chi connectivity index (χ0n) is 16.4. The van der Waals surface area contributed by atoms with Crippen LogP contribution in [0.25, 0.3) is 0 Å². The van der Waals surface area contributed by atoms with Crippen molar-refractivity contribution >= 4 is 45.6 Å². The van der Waals surface area contributed by atoms with Gasteiger partial charge in [0.2, 0.25) is 0 Å². The van der Waals surface area contributed by atoms with Crippen molar-refractivity contribution < 1.29 is 19.1 Å².